The Bertz CT molecular complexity index is 1070. The Hall–Kier alpha value is -3.95. The number of furan rings is 1. The molecule has 3 aromatic rings. The highest BCUT2D eigenvalue weighted by Crippen LogP contribution is 2.23. The van der Waals surface area contributed by atoms with Crippen molar-refractivity contribution in [1.82, 2.24) is 20.4 Å². The largest absolute Gasteiger partial charge is 0.463 e. The third kappa shape index (κ3) is 3.93. The van der Waals surface area contributed by atoms with Crippen molar-refractivity contribution in [2.75, 3.05) is 6.54 Å². The molecule has 10 nitrogen and oxygen atoms in total. The van der Waals surface area contributed by atoms with E-state index in [1.807, 2.05) is 0 Å². The summed E-state index contributed by atoms with van der Waals surface area (Å²) in [6.07, 6.45) is 3.73. The Kier molecular flexibility index (Phi) is 5.29. The fourth-order valence-electron chi connectivity index (χ4n) is 3.31. The SMILES string of the molecule is O=C(N[C@@H]1CCCCNC1=O)c1cc(-c2ccco2)nn1-c1ccc([N+](=O)[O-])cc1. The van der Waals surface area contributed by atoms with Gasteiger partial charge in [-0.1, -0.05) is 0 Å². The van der Waals surface area contributed by atoms with Gasteiger partial charge in [0.15, 0.2) is 5.76 Å². The smallest absolute Gasteiger partial charge is 0.270 e. The topological polar surface area (TPSA) is 132 Å². The van der Waals surface area contributed by atoms with Gasteiger partial charge in [0.2, 0.25) is 5.91 Å². The van der Waals surface area contributed by atoms with Crippen LogP contribution in [0.15, 0.2) is 53.1 Å². The molecule has 2 amide bonds. The van der Waals surface area contributed by atoms with Gasteiger partial charge in [-0.15, -0.1) is 0 Å². The van der Waals surface area contributed by atoms with E-state index in [0.717, 1.165) is 12.8 Å². The predicted molar refractivity (Wildman–Crippen MR) is 106 cm³/mol. The molecule has 1 aliphatic rings. The molecule has 0 unspecified atom stereocenters. The summed E-state index contributed by atoms with van der Waals surface area (Å²) in [5, 5.41) is 20.9. The number of hydrogen-bond donors (Lipinski definition) is 2. The number of nitro benzene ring substituents is 1. The Balaban J connectivity index is 1.69. The number of carbonyl (C=O) groups excluding carboxylic acids is 2. The third-order valence-corrected chi connectivity index (χ3v) is 4.86. The van der Waals surface area contributed by atoms with Crippen LogP contribution in [0.25, 0.3) is 17.1 Å². The van der Waals surface area contributed by atoms with Crippen LogP contribution in [0, 0.1) is 10.1 Å². The summed E-state index contributed by atoms with van der Waals surface area (Å²) in [4.78, 5) is 35.7. The molecule has 4 rings (SSSR count). The minimum absolute atomic E-state index is 0.0710. The van der Waals surface area contributed by atoms with Crippen LogP contribution >= 0.6 is 0 Å². The van der Waals surface area contributed by atoms with Gasteiger partial charge < -0.3 is 15.1 Å². The maximum Gasteiger partial charge on any atom is 0.270 e. The summed E-state index contributed by atoms with van der Waals surface area (Å²) in [6, 6.07) is 10.0. The summed E-state index contributed by atoms with van der Waals surface area (Å²) in [5.41, 5.74) is 1.01. The second kappa shape index (κ2) is 8.19. The highest BCUT2D eigenvalue weighted by molar-refractivity contribution is 5.97. The first-order valence-corrected chi connectivity index (χ1v) is 9.50. The molecule has 0 bridgehead atoms. The first-order valence-electron chi connectivity index (χ1n) is 9.50. The van der Waals surface area contributed by atoms with Crippen LogP contribution in [0.1, 0.15) is 29.8 Å². The Morgan fingerprint density at radius 3 is 2.77 bits per heavy atom. The quantitative estimate of drug-likeness (QED) is 0.491. The van der Waals surface area contributed by atoms with Crippen LogP contribution in [-0.4, -0.2) is 39.1 Å². The summed E-state index contributed by atoms with van der Waals surface area (Å²) in [7, 11) is 0. The first kappa shape index (κ1) is 19.4. The van der Waals surface area contributed by atoms with Gasteiger partial charge in [-0.05, 0) is 43.5 Å². The number of rotatable bonds is 5. The molecule has 3 heterocycles. The summed E-state index contributed by atoms with van der Waals surface area (Å²) in [6.45, 7) is 0.592. The van der Waals surface area contributed by atoms with Crippen LogP contribution in [0.4, 0.5) is 5.69 Å². The van der Waals surface area contributed by atoms with Crippen molar-refractivity contribution in [3.63, 3.8) is 0 Å². The highest BCUT2D eigenvalue weighted by Gasteiger charge is 2.26. The van der Waals surface area contributed by atoms with Gasteiger partial charge in [0.25, 0.3) is 11.6 Å². The molecule has 1 atom stereocenters. The van der Waals surface area contributed by atoms with Gasteiger partial charge in [-0.2, -0.15) is 5.10 Å². The van der Waals surface area contributed by atoms with Gasteiger partial charge in [0.1, 0.15) is 17.4 Å². The van der Waals surface area contributed by atoms with Crippen LogP contribution in [0.3, 0.4) is 0 Å². The van der Waals surface area contributed by atoms with E-state index in [9.17, 15) is 19.7 Å². The molecule has 0 aliphatic carbocycles. The average molecular weight is 409 g/mol. The molecule has 30 heavy (non-hydrogen) atoms. The summed E-state index contributed by atoms with van der Waals surface area (Å²) < 4.78 is 6.76. The highest BCUT2D eigenvalue weighted by atomic mass is 16.6. The predicted octanol–water partition coefficient (Wildman–Crippen LogP) is 2.44. The molecule has 0 saturated carbocycles. The van der Waals surface area contributed by atoms with Crippen molar-refractivity contribution < 1.29 is 18.9 Å². The van der Waals surface area contributed by atoms with E-state index < -0.39 is 16.9 Å². The number of benzene rings is 1. The monoisotopic (exact) mass is 409 g/mol. The standard InChI is InChI=1S/C20H19N5O5/c26-19-15(4-1-2-10-21-19)22-20(27)17-12-16(18-5-3-11-30-18)23-24(17)13-6-8-14(9-7-13)25(28)29/h3,5-9,11-12,15H,1-2,4,10H2,(H,21,26)(H,22,27)/t15-/m1/s1. The van der Waals surface area contributed by atoms with E-state index in [-0.39, 0.29) is 17.3 Å². The number of amides is 2. The lowest BCUT2D eigenvalue weighted by Gasteiger charge is -2.15. The molecule has 154 valence electrons. The van der Waals surface area contributed by atoms with Crippen LogP contribution in [0.2, 0.25) is 0 Å². The molecule has 10 heteroatoms. The molecule has 1 fully saturated rings. The fraction of sp³-hybridized carbons (Fsp3) is 0.250. The molecular weight excluding hydrogens is 390 g/mol. The lowest BCUT2D eigenvalue weighted by atomic mass is 10.1. The van der Waals surface area contributed by atoms with Gasteiger partial charge >= 0.3 is 0 Å². The van der Waals surface area contributed by atoms with Crippen LogP contribution < -0.4 is 10.6 Å². The molecule has 2 N–H and O–H groups in total. The van der Waals surface area contributed by atoms with E-state index in [2.05, 4.69) is 15.7 Å². The van der Waals surface area contributed by atoms with E-state index in [1.54, 1.807) is 18.2 Å². The molecule has 1 saturated heterocycles. The average Bonchev–Trinajstić information content (AvgIpc) is 3.38. The fourth-order valence-corrected chi connectivity index (χ4v) is 3.31. The van der Waals surface area contributed by atoms with Crippen molar-refractivity contribution in [1.29, 1.82) is 0 Å². The second-order valence-corrected chi connectivity index (χ2v) is 6.89. The maximum absolute atomic E-state index is 13.0. The van der Waals surface area contributed by atoms with Crippen molar-refractivity contribution >= 4 is 17.5 Å². The third-order valence-electron chi connectivity index (χ3n) is 4.86. The number of nitrogens with zero attached hydrogens (tertiary/aromatic N) is 3. The summed E-state index contributed by atoms with van der Waals surface area (Å²) >= 11 is 0. The Labute approximate surface area is 171 Å². The molecule has 0 radical (unpaired) electrons. The normalized spacial score (nSPS) is 16.5. The zero-order valence-corrected chi connectivity index (χ0v) is 15.9. The zero-order valence-electron chi connectivity index (χ0n) is 15.9. The van der Waals surface area contributed by atoms with E-state index in [0.29, 0.717) is 30.1 Å². The second-order valence-electron chi connectivity index (χ2n) is 6.89. The molecule has 0 spiro atoms. The van der Waals surface area contributed by atoms with Gasteiger partial charge in [-0.3, -0.25) is 19.7 Å². The van der Waals surface area contributed by atoms with Crippen molar-refractivity contribution in [3.8, 4) is 17.1 Å². The van der Waals surface area contributed by atoms with Gasteiger partial charge in [0.05, 0.1) is 16.9 Å². The maximum atomic E-state index is 13.0. The Morgan fingerprint density at radius 1 is 1.27 bits per heavy atom. The van der Waals surface area contributed by atoms with Crippen LogP contribution in [0.5, 0.6) is 0 Å². The van der Waals surface area contributed by atoms with E-state index in [4.69, 9.17) is 4.42 Å². The molecule has 1 aromatic carbocycles. The first-order chi connectivity index (χ1) is 14.5. The molecule has 1 aliphatic heterocycles. The number of hydrogen-bond acceptors (Lipinski definition) is 6. The lowest BCUT2D eigenvalue weighted by Crippen LogP contribution is -2.45. The van der Waals surface area contributed by atoms with E-state index >= 15 is 0 Å². The zero-order chi connectivity index (χ0) is 21.1. The summed E-state index contributed by atoms with van der Waals surface area (Å²) in [5.74, 6) is -0.217. The van der Waals surface area contributed by atoms with Crippen molar-refractivity contribution in [3.05, 3.63) is 64.5 Å². The minimum atomic E-state index is -0.632. The number of carbonyl (C=O) groups is 2. The van der Waals surface area contributed by atoms with Crippen LogP contribution in [-0.2, 0) is 4.79 Å². The lowest BCUT2D eigenvalue weighted by molar-refractivity contribution is -0.384. The molecular formula is C20H19N5O5. The van der Waals surface area contributed by atoms with Gasteiger partial charge in [0, 0.05) is 24.7 Å². The van der Waals surface area contributed by atoms with E-state index in [1.165, 1.54) is 35.2 Å². The Morgan fingerprint density at radius 2 is 2.07 bits per heavy atom. The minimum Gasteiger partial charge on any atom is -0.463 e. The van der Waals surface area contributed by atoms with Gasteiger partial charge in [-0.25, -0.2) is 4.68 Å². The van der Waals surface area contributed by atoms with Crippen molar-refractivity contribution in [2.24, 2.45) is 0 Å². The number of nitro groups is 1. The number of non-ortho nitro benzene ring substituents is 1. The number of aromatic nitrogens is 2. The van der Waals surface area contributed by atoms with Crippen molar-refractivity contribution in [2.45, 2.75) is 25.3 Å². The number of nitrogens with one attached hydrogen (secondary N) is 2. The molecule has 2 aromatic heterocycles.